The lowest BCUT2D eigenvalue weighted by Gasteiger charge is -2.42. The number of carboxylic acids is 1. The summed E-state index contributed by atoms with van der Waals surface area (Å²) < 4.78 is 15.7. The van der Waals surface area contributed by atoms with Crippen molar-refractivity contribution >= 4 is 11.9 Å². The topological polar surface area (TPSA) is 82.1 Å². The lowest BCUT2D eigenvalue weighted by molar-refractivity contribution is -0.302. The summed E-state index contributed by atoms with van der Waals surface area (Å²) in [5.74, 6) is -2.63. The van der Waals surface area contributed by atoms with Gasteiger partial charge in [0.2, 0.25) is 0 Å². The molecule has 0 atom stereocenters. The number of carbonyl (C=O) groups excluding carboxylic acids is 1. The second-order valence-corrected chi connectivity index (χ2v) is 5.30. The highest BCUT2D eigenvalue weighted by atomic mass is 16.7. The summed E-state index contributed by atoms with van der Waals surface area (Å²) in [7, 11) is 1.29. The first kappa shape index (κ1) is 14.9. The first-order chi connectivity index (χ1) is 8.29. The minimum Gasteiger partial charge on any atom is -0.481 e. The van der Waals surface area contributed by atoms with Gasteiger partial charge < -0.3 is 19.3 Å². The molecule has 1 heterocycles. The molecule has 1 fully saturated rings. The van der Waals surface area contributed by atoms with Crippen molar-refractivity contribution in [3.63, 3.8) is 0 Å². The third-order valence-electron chi connectivity index (χ3n) is 2.81. The molecule has 0 spiro atoms. The normalized spacial score (nSPS) is 21.3. The number of rotatable bonds is 5. The SMILES string of the molecule is COC(=O)CCC1(CC(=O)O)OCC(C)(C)CO1. The number of hydrogen-bond acceptors (Lipinski definition) is 5. The lowest BCUT2D eigenvalue weighted by Crippen LogP contribution is -2.49. The minimum atomic E-state index is -1.21. The molecule has 18 heavy (non-hydrogen) atoms. The minimum absolute atomic E-state index is 0.0736. The van der Waals surface area contributed by atoms with E-state index in [-0.39, 0.29) is 24.7 Å². The largest absolute Gasteiger partial charge is 0.481 e. The van der Waals surface area contributed by atoms with E-state index >= 15 is 0 Å². The van der Waals surface area contributed by atoms with Crippen molar-refractivity contribution in [1.29, 1.82) is 0 Å². The Labute approximate surface area is 106 Å². The smallest absolute Gasteiger partial charge is 0.308 e. The van der Waals surface area contributed by atoms with Crippen LogP contribution in [0, 0.1) is 5.41 Å². The Morgan fingerprint density at radius 1 is 1.28 bits per heavy atom. The molecule has 1 aliphatic heterocycles. The Hall–Kier alpha value is -1.14. The van der Waals surface area contributed by atoms with E-state index in [0.717, 1.165) is 0 Å². The summed E-state index contributed by atoms with van der Waals surface area (Å²) in [5, 5.41) is 8.91. The molecule has 0 radical (unpaired) electrons. The lowest BCUT2D eigenvalue weighted by atomic mass is 9.93. The van der Waals surface area contributed by atoms with Crippen molar-refractivity contribution in [3.05, 3.63) is 0 Å². The van der Waals surface area contributed by atoms with E-state index < -0.39 is 17.7 Å². The van der Waals surface area contributed by atoms with Crippen molar-refractivity contribution in [3.8, 4) is 0 Å². The van der Waals surface area contributed by atoms with Crippen LogP contribution in [-0.2, 0) is 23.8 Å². The van der Waals surface area contributed by atoms with Gasteiger partial charge in [0.1, 0.15) is 0 Å². The van der Waals surface area contributed by atoms with Crippen LogP contribution in [0.3, 0.4) is 0 Å². The quantitative estimate of drug-likeness (QED) is 0.747. The van der Waals surface area contributed by atoms with E-state index in [1.165, 1.54) is 7.11 Å². The number of hydrogen-bond donors (Lipinski definition) is 1. The fourth-order valence-corrected chi connectivity index (χ4v) is 1.70. The number of esters is 1. The molecule has 0 amide bonds. The molecule has 6 nitrogen and oxygen atoms in total. The van der Waals surface area contributed by atoms with Crippen LogP contribution >= 0.6 is 0 Å². The summed E-state index contributed by atoms with van der Waals surface area (Å²) in [6.45, 7) is 4.75. The van der Waals surface area contributed by atoms with Gasteiger partial charge in [0.25, 0.3) is 0 Å². The fraction of sp³-hybridized carbons (Fsp3) is 0.833. The van der Waals surface area contributed by atoms with Gasteiger partial charge >= 0.3 is 11.9 Å². The highest BCUT2D eigenvalue weighted by Crippen LogP contribution is 2.34. The average molecular weight is 260 g/mol. The Bertz CT molecular complexity index is 313. The van der Waals surface area contributed by atoms with Gasteiger partial charge in [0.05, 0.1) is 33.2 Å². The van der Waals surface area contributed by atoms with Gasteiger partial charge in [0.15, 0.2) is 5.79 Å². The highest BCUT2D eigenvalue weighted by Gasteiger charge is 2.42. The van der Waals surface area contributed by atoms with Crippen LogP contribution in [-0.4, -0.2) is 43.2 Å². The van der Waals surface area contributed by atoms with Crippen LogP contribution < -0.4 is 0 Å². The summed E-state index contributed by atoms with van der Waals surface area (Å²) in [4.78, 5) is 22.0. The van der Waals surface area contributed by atoms with E-state index in [2.05, 4.69) is 4.74 Å². The zero-order valence-corrected chi connectivity index (χ0v) is 11.0. The maximum atomic E-state index is 11.1. The standard InChI is InChI=1S/C12H20O6/c1-11(2)7-17-12(18-8-11,6-9(13)14)5-4-10(15)16-3/h4-8H2,1-3H3,(H,13,14). The first-order valence-electron chi connectivity index (χ1n) is 5.85. The number of carboxylic acid groups (broad SMARTS) is 1. The van der Waals surface area contributed by atoms with Crippen molar-refractivity contribution in [2.75, 3.05) is 20.3 Å². The maximum absolute atomic E-state index is 11.1. The van der Waals surface area contributed by atoms with Gasteiger partial charge in [-0.2, -0.15) is 0 Å². The second kappa shape index (κ2) is 5.67. The number of aliphatic carboxylic acids is 1. The van der Waals surface area contributed by atoms with Crippen molar-refractivity contribution in [1.82, 2.24) is 0 Å². The monoisotopic (exact) mass is 260 g/mol. The molecule has 1 rings (SSSR count). The molecule has 0 aliphatic carbocycles. The van der Waals surface area contributed by atoms with Crippen LogP contribution in [0.5, 0.6) is 0 Å². The molecule has 0 unspecified atom stereocenters. The molecule has 104 valence electrons. The molecular weight excluding hydrogens is 240 g/mol. The molecule has 0 aromatic rings. The van der Waals surface area contributed by atoms with E-state index in [1.54, 1.807) is 0 Å². The molecule has 1 saturated heterocycles. The molecule has 0 aromatic heterocycles. The van der Waals surface area contributed by atoms with Gasteiger partial charge in [-0.1, -0.05) is 13.8 Å². The van der Waals surface area contributed by atoms with Crippen LogP contribution in [0.25, 0.3) is 0 Å². The molecule has 0 bridgehead atoms. The van der Waals surface area contributed by atoms with Gasteiger partial charge in [0, 0.05) is 11.8 Å². The fourth-order valence-electron chi connectivity index (χ4n) is 1.70. The summed E-state index contributed by atoms with van der Waals surface area (Å²) >= 11 is 0. The Kier molecular flexibility index (Phi) is 4.70. The zero-order valence-electron chi connectivity index (χ0n) is 11.0. The zero-order chi connectivity index (χ0) is 13.8. The summed E-state index contributed by atoms with van der Waals surface area (Å²) in [6, 6.07) is 0. The Morgan fingerprint density at radius 2 is 1.83 bits per heavy atom. The third kappa shape index (κ3) is 4.27. The Balaban J connectivity index is 2.65. The molecule has 0 saturated carbocycles. The Morgan fingerprint density at radius 3 is 2.28 bits per heavy atom. The van der Waals surface area contributed by atoms with Crippen LogP contribution in [0.4, 0.5) is 0 Å². The van der Waals surface area contributed by atoms with Crippen molar-refractivity contribution in [2.45, 2.75) is 38.9 Å². The highest BCUT2D eigenvalue weighted by molar-refractivity contribution is 5.70. The van der Waals surface area contributed by atoms with Crippen LogP contribution in [0.15, 0.2) is 0 Å². The molecular formula is C12H20O6. The summed E-state index contributed by atoms with van der Waals surface area (Å²) in [6.07, 6.45) is -0.0215. The van der Waals surface area contributed by atoms with Crippen LogP contribution in [0.1, 0.15) is 33.1 Å². The van der Waals surface area contributed by atoms with Gasteiger partial charge in [-0.05, 0) is 0 Å². The predicted octanol–water partition coefficient (Wildman–Crippen LogP) is 1.18. The van der Waals surface area contributed by atoms with Gasteiger partial charge in [-0.25, -0.2) is 0 Å². The number of methoxy groups -OCH3 is 1. The molecule has 1 aliphatic rings. The molecule has 0 aromatic carbocycles. The van der Waals surface area contributed by atoms with Gasteiger partial charge in [-0.3, -0.25) is 9.59 Å². The molecule has 1 N–H and O–H groups in total. The number of ether oxygens (including phenoxy) is 3. The maximum Gasteiger partial charge on any atom is 0.308 e. The van der Waals surface area contributed by atoms with Crippen LogP contribution in [0.2, 0.25) is 0 Å². The van der Waals surface area contributed by atoms with E-state index in [0.29, 0.717) is 13.2 Å². The molecule has 6 heteroatoms. The van der Waals surface area contributed by atoms with Crippen molar-refractivity contribution < 1.29 is 28.9 Å². The van der Waals surface area contributed by atoms with Crippen molar-refractivity contribution in [2.24, 2.45) is 5.41 Å². The van der Waals surface area contributed by atoms with E-state index in [4.69, 9.17) is 14.6 Å². The number of carbonyl (C=O) groups is 2. The second-order valence-electron chi connectivity index (χ2n) is 5.30. The summed E-state index contributed by atoms with van der Waals surface area (Å²) in [5.41, 5.74) is -0.146. The van der Waals surface area contributed by atoms with E-state index in [9.17, 15) is 9.59 Å². The first-order valence-corrected chi connectivity index (χ1v) is 5.85. The average Bonchev–Trinajstić information content (AvgIpc) is 2.29. The predicted molar refractivity (Wildman–Crippen MR) is 61.9 cm³/mol. The third-order valence-corrected chi connectivity index (χ3v) is 2.81. The van der Waals surface area contributed by atoms with E-state index in [1.807, 2.05) is 13.8 Å². The van der Waals surface area contributed by atoms with Gasteiger partial charge in [-0.15, -0.1) is 0 Å².